The molecule has 0 aromatic carbocycles. The highest BCUT2D eigenvalue weighted by Crippen LogP contribution is 2.15. The molecule has 1 aromatic heterocycles. The summed E-state index contributed by atoms with van der Waals surface area (Å²) >= 11 is 1.65. The molecule has 0 bridgehead atoms. The monoisotopic (exact) mass is 172 g/mol. The van der Waals surface area contributed by atoms with Crippen LogP contribution in [0.2, 0.25) is 0 Å². The van der Waals surface area contributed by atoms with Gasteiger partial charge in [0.05, 0.1) is 0 Å². The number of hydrogen-bond acceptors (Lipinski definition) is 3. The van der Waals surface area contributed by atoms with Gasteiger partial charge in [-0.1, -0.05) is 13.0 Å². The molecule has 1 aromatic rings. The van der Waals surface area contributed by atoms with E-state index in [4.69, 9.17) is 10.2 Å². The number of rotatable bonds is 3. The largest absolute Gasteiger partial charge is 0.368 e. The van der Waals surface area contributed by atoms with Gasteiger partial charge in [0, 0.05) is 10.8 Å². The molecule has 62 valence electrons. The number of aliphatic hydroxyl groups is 2. The van der Waals surface area contributed by atoms with Crippen LogP contribution in [-0.4, -0.2) is 16.5 Å². The number of aliphatic hydroxyl groups excluding tert-OH is 1. The summed E-state index contributed by atoms with van der Waals surface area (Å²) in [4.78, 5) is 1.20. The Morgan fingerprint density at radius 3 is 2.73 bits per heavy atom. The van der Waals surface area contributed by atoms with E-state index in [2.05, 4.69) is 0 Å². The first-order valence-electron chi connectivity index (χ1n) is 3.58. The van der Waals surface area contributed by atoms with Crippen LogP contribution in [0.5, 0.6) is 0 Å². The Morgan fingerprint density at radius 2 is 2.27 bits per heavy atom. The van der Waals surface area contributed by atoms with Crippen LogP contribution in [0, 0.1) is 5.92 Å². The fraction of sp³-hybridized carbons (Fsp3) is 0.500. The molecule has 2 N–H and O–H groups in total. The van der Waals surface area contributed by atoms with Crippen molar-refractivity contribution in [3.63, 3.8) is 0 Å². The topological polar surface area (TPSA) is 40.5 Å². The van der Waals surface area contributed by atoms with Gasteiger partial charge in [-0.2, -0.15) is 0 Å². The summed E-state index contributed by atoms with van der Waals surface area (Å²) in [5, 5.41) is 19.6. The van der Waals surface area contributed by atoms with Crippen LogP contribution in [-0.2, 0) is 6.42 Å². The lowest BCUT2D eigenvalue weighted by Crippen LogP contribution is -2.17. The highest BCUT2D eigenvalue weighted by Gasteiger charge is 2.10. The molecule has 1 unspecified atom stereocenters. The van der Waals surface area contributed by atoms with Gasteiger partial charge in [-0.3, -0.25) is 0 Å². The van der Waals surface area contributed by atoms with Crippen molar-refractivity contribution in [2.45, 2.75) is 19.6 Å². The third kappa shape index (κ3) is 2.61. The third-order valence-corrected chi connectivity index (χ3v) is 2.51. The molecule has 0 fully saturated rings. The van der Waals surface area contributed by atoms with Gasteiger partial charge in [0.25, 0.3) is 0 Å². The maximum Gasteiger partial charge on any atom is 0.154 e. The molecule has 1 heterocycles. The lowest BCUT2D eigenvalue weighted by atomic mass is 10.1. The molecule has 1 atom stereocenters. The lowest BCUT2D eigenvalue weighted by molar-refractivity contribution is -0.0778. The van der Waals surface area contributed by atoms with Gasteiger partial charge in [0.15, 0.2) is 6.29 Å². The second-order valence-electron chi connectivity index (χ2n) is 2.67. The summed E-state index contributed by atoms with van der Waals surface area (Å²) in [5.74, 6) is -0.0753. The zero-order valence-corrected chi connectivity index (χ0v) is 7.21. The Balaban J connectivity index is 2.43. The minimum atomic E-state index is -1.20. The fourth-order valence-electron chi connectivity index (χ4n) is 0.851. The second-order valence-corrected chi connectivity index (χ2v) is 3.71. The van der Waals surface area contributed by atoms with Gasteiger partial charge in [0.1, 0.15) is 0 Å². The Bertz CT molecular complexity index is 194. The molecule has 0 amide bonds. The van der Waals surface area contributed by atoms with E-state index in [-0.39, 0.29) is 5.92 Å². The molecule has 0 radical (unpaired) electrons. The smallest absolute Gasteiger partial charge is 0.154 e. The Morgan fingerprint density at radius 1 is 1.55 bits per heavy atom. The van der Waals surface area contributed by atoms with Crippen LogP contribution in [0.1, 0.15) is 11.8 Å². The van der Waals surface area contributed by atoms with E-state index < -0.39 is 6.29 Å². The van der Waals surface area contributed by atoms with Crippen molar-refractivity contribution >= 4 is 11.3 Å². The molecule has 11 heavy (non-hydrogen) atoms. The highest BCUT2D eigenvalue weighted by molar-refractivity contribution is 7.09. The van der Waals surface area contributed by atoms with Crippen molar-refractivity contribution in [3.8, 4) is 0 Å². The van der Waals surface area contributed by atoms with Crippen molar-refractivity contribution in [1.82, 2.24) is 0 Å². The summed E-state index contributed by atoms with van der Waals surface area (Å²) in [7, 11) is 0. The van der Waals surface area contributed by atoms with Gasteiger partial charge < -0.3 is 10.2 Å². The van der Waals surface area contributed by atoms with Crippen molar-refractivity contribution in [2.24, 2.45) is 5.92 Å². The summed E-state index contributed by atoms with van der Waals surface area (Å²) < 4.78 is 0. The molecule has 1 rings (SSSR count). The van der Waals surface area contributed by atoms with Gasteiger partial charge in [-0.25, -0.2) is 0 Å². The van der Waals surface area contributed by atoms with Crippen molar-refractivity contribution < 1.29 is 10.2 Å². The first-order chi connectivity index (χ1) is 5.20. The maximum absolute atomic E-state index is 8.78. The molecule has 0 aliphatic carbocycles. The molecule has 0 aliphatic rings. The summed E-state index contributed by atoms with van der Waals surface area (Å²) in [6.07, 6.45) is -0.452. The minimum Gasteiger partial charge on any atom is -0.368 e. The van der Waals surface area contributed by atoms with E-state index in [9.17, 15) is 0 Å². The first-order valence-corrected chi connectivity index (χ1v) is 4.46. The summed E-state index contributed by atoms with van der Waals surface area (Å²) in [6, 6.07) is 3.97. The standard InChI is InChI=1S/C8H12O2S/c1-6(8(9)10)5-7-3-2-4-11-7/h2-4,6,8-10H,5H2,1H3. The van der Waals surface area contributed by atoms with Gasteiger partial charge in [0.2, 0.25) is 0 Å². The van der Waals surface area contributed by atoms with Gasteiger partial charge in [-0.05, 0) is 17.9 Å². The lowest BCUT2D eigenvalue weighted by Gasteiger charge is -2.11. The van der Waals surface area contributed by atoms with Crippen LogP contribution < -0.4 is 0 Å². The van der Waals surface area contributed by atoms with Crippen LogP contribution in [0.3, 0.4) is 0 Å². The third-order valence-electron chi connectivity index (χ3n) is 1.61. The van der Waals surface area contributed by atoms with Crippen molar-refractivity contribution in [2.75, 3.05) is 0 Å². The van der Waals surface area contributed by atoms with Crippen LogP contribution in [0.4, 0.5) is 0 Å². The molecule has 0 spiro atoms. The van der Waals surface area contributed by atoms with E-state index in [0.717, 1.165) is 6.42 Å². The van der Waals surface area contributed by atoms with Crippen LogP contribution >= 0.6 is 11.3 Å². The first kappa shape index (κ1) is 8.71. The molecule has 0 saturated heterocycles. The molecule has 0 aliphatic heterocycles. The van der Waals surface area contributed by atoms with Gasteiger partial charge in [-0.15, -0.1) is 11.3 Å². The Hall–Kier alpha value is -0.380. The summed E-state index contributed by atoms with van der Waals surface area (Å²) in [6.45, 7) is 1.82. The predicted molar refractivity (Wildman–Crippen MR) is 45.4 cm³/mol. The normalized spacial score (nSPS) is 13.8. The van der Waals surface area contributed by atoms with Crippen molar-refractivity contribution in [3.05, 3.63) is 22.4 Å². The maximum atomic E-state index is 8.78. The van der Waals surface area contributed by atoms with E-state index in [0.29, 0.717) is 0 Å². The predicted octanol–water partition coefficient (Wildman–Crippen LogP) is 1.24. The van der Waals surface area contributed by atoms with E-state index in [1.807, 2.05) is 24.4 Å². The SMILES string of the molecule is CC(Cc1cccs1)C(O)O. The average Bonchev–Trinajstić information content (AvgIpc) is 2.39. The molecular weight excluding hydrogens is 160 g/mol. The molecule has 3 heteroatoms. The zero-order valence-electron chi connectivity index (χ0n) is 6.40. The summed E-state index contributed by atoms with van der Waals surface area (Å²) in [5.41, 5.74) is 0. The van der Waals surface area contributed by atoms with Gasteiger partial charge >= 0.3 is 0 Å². The van der Waals surface area contributed by atoms with E-state index in [1.54, 1.807) is 11.3 Å². The molecule has 0 saturated carbocycles. The molecule has 2 nitrogen and oxygen atoms in total. The van der Waals surface area contributed by atoms with Crippen LogP contribution in [0.25, 0.3) is 0 Å². The zero-order chi connectivity index (χ0) is 8.27. The van der Waals surface area contributed by atoms with E-state index >= 15 is 0 Å². The fourth-order valence-corrected chi connectivity index (χ4v) is 1.70. The second kappa shape index (κ2) is 3.85. The Kier molecular flexibility index (Phi) is 3.05. The van der Waals surface area contributed by atoms with Crippen molar-refractivity contribution in [1.29, 1.82) is 0 Å². The Labute approximate surface area is 70.1 Å². The molecular formula is C8H12O2S. The number of thiophene rings is 1. The highest BCUT2D eigenvalue weighted by atomic mass is 32.1. The van der Waals surface area contributed by atoms with Crippen LogP contribution in [0.15, 0.2) is 17.5 Å². The number of hydrogen-bond donors (Lipinski definition) is 2. The quantitative estimate of drug-likeness (QED) is 0.673. The minimum absolute atomic E-state index is 0.0753. The average molecular weight is 172 g/mol. The van der Waals surface area contributed by atoms with E-state index in [1.165, 1.54) is 4.88 Å².